The smallest absolute Gasteiger partial charge is 0.172 e. The van der Waals surface area contributed by atoms with Crippen LogP contribution in [0.3, 0.4) is 0 Å². The summed E-state index contributed by atoms with van der Waals surface area (Å²) in [6, 6.07) is 14.2. The number of allylic oxidation sites excluding steroid dienone is 12. The average molecular weight is 1210 g/mol. The number of hydrogen-bond donors (Lipinski definition) is 0. The van der Waals surface area contributed by atoms with Crippen molar-refractivity contribution >= 4 is 45.1 Å². The number of aromatic nitrogens is 4. The number of halogens is 16. The number of nitrogens with zero attached hydrogens (tertiary/aromatic N) is 8. The Labute approximate surface area is 483 Å². The molecule has 0 atom stereocenters. The zero-order chi connectivity index (χ0) is 61.7. The fourth-order valence-corrected chi connectivity index (χ4v) is 10.5. The quantitative estimate of drug-likeness (QED) is 0.112. The van der Waals surface area contributed by atoms with Gasteiger partial charge in [0.1, 0.15) is 0 Å². The van der Waals surface area contributed by atoms with Crippen LogP contribution in [-0.2, 0) is 0 Å². The van der Waals surface area contributed by atoms with Gasteiger partial charge in [-0.1, -0.05) is 24.3 Å². The molecule has 432 valence electrons. The van der Waals surface area contributed by atoms with Crippen molar-refractivity contribution < 1.29 is 70.2 Å². The maximum Gasteiger partial charge on any atom is 0.172 e. The largest absolute Gasteiger partial charge is 0.256 e. The van der Waals surface area contributed by atoms with E-state index in [1.165, 1.54) is 48.5 Å². The van der Waals surface area contributed by atoms with Gasteiger partial charge < -0.3 is 0 Å². The fraction of sp³-hybridized carbons (Fsp3) is 0. The summed E-state index contributed by atoms with van der Waals surface area (Å²) in [6.45, 7) is 0. The van der Waals surface area contributed by atoms with Gasteiger partial charge in [0, 0.05) is 47.1 Å². The molecule has 0 radical (unpaired) electrons. The van der Waals surface area contributed by atoms with E-state index in [-0.39, 0.29) is 0 Å². The minimum atomic E-state index is -2.18. The molecule has 4 aromatic carbocycles. The van der Waals surface area contributed by atoms with Crippen LogP contribution in [0.15, 0.2) is 189 Å². The van der Waals surface area contributed by atoms with Crippen molar-refractivity contribution in [1.29, 1.82) is 0 Å². The Balaban J connectivity index is 1.17. The zero-order valence-corrected chi connectivity index (χ0v) is 43.5. The van der Waals surface area contributed by atoms with Gasteiger partial charge in [0.05, 0.1) is 113 Å². The molecule has 0 fully saturated rings. The Bertz CT molecular complexity index is 4140. The van der Waals surface area contributed by atoms with Gasteiger partial charge in [0.25, 0.3) is 0 Å². The molecule has 88 heavy (non-hydrogen) atoms. The van der Waals surface area contributed by atoms with Crippen LogP contribution in [0.5, 0.6) is 0 Å². The van der Waals surface area contributed by atoms with Gasteiger partial charge in [0.15, 0.2) is 93.1 Å². The molecule has 0 saturated heterocycles. The van der Waals surface area contributed by atoms with Crippen molar-refractivity contribution in [2.45, 2.75) is 0 Å². The lowest BCUT2D eigenvalue weighted by molar-refractivity contribution is 0.454. The maximum atomic E-state index is 17.1. The summed E-state index contributed by atoms with van der Waals surface area (Å²) in [5.74, 6) is -34.1. The van der Waals surface area contributed by atoms with Crippen LogP contribution in [0.4, 0.5) is 70.2 Å². The third kappa shape index (κ3) is 8.71. The summed E-state index contributed by atoms with van der Waals surface area (Å²) in [5.41, 5.74) is -25.7. The van der Waals surface area contributed by atoms with E-state index < -0.39 is 228 Å². The lowest BCUT2D eigenvalue weighted by atomic mass is 9.94. The summed E-state index contributed by atoms with van der Waals surface area (Å²) in [7, 11) is 0. The van der Waals surface area contributed by atoms with Gasteiger partial charge in [0.2, 0.25) is 0 Å². The molecule has 8 bridgehead atoms. The van der Waals surface area contributed by atoms with E-state index in [2.05, 4.69) is 39.9 Å². The highest BCUT2D eigenvalue weighted by Gasteiger charge is 2.40. The minimum absolute atomic E-state index is 0.619. The molecule has 24 heteroatoms. The van der Waals surface area contributed by atoms with Crippen molar-refractivity contribution in [1.82, 2.24) is 19.9 Å². The predicted molar refractivity (Wildman–Crippen MR) is 292 cm³/mol. The first-order chi connectivity index (χ1) is 42.4. The van der Waals surface area contributed by atoms with Crippen molar-refractivity contribution in [3.05, 3.63) is 284 Å². The van der Waals surface area contributed by atoms with E-state index >= 15 is 70.2 Å². The predicted octanol–water partition coefficient (Wildman–Crippen LogP) is 16.2. The first-order valence-corrected chi connectivity index (χ1v) is 25.5. The monoisotopic (exact) mass is 1210 g/mol. The van der Waals surface area contributed by atoms with Crippen molar-refractivity contribution in [3.8, 4) is 45.0 Å². The third-order valence-corrected chi connectivity index (χ3v) is 14.3. The Kier molecular flexibility index (Phi) is 13.7. The molecule has 5 aliphatic heterocycles. The highest BCUT2D eigenvalue weighted by Crippen LogP contribution is 2.46. The van der Waals surface area contributed by atoms with E-state index in [1.807, 2.05) is 0 Å². The highest BCUT2D eigenvalue weighted by atomic mass is 19.2. The van der Waals surface area contributed by atoms with Gasteiger partial charge in [-0.2, -0.15) is 0 Å². The molecule has 8 nitrogen and oxygen atoms in total. The minimum Gasteiger partial charge on any atom is -0.256 e. The van der Waals surface area contributed by atoms with E-state index in [1.54, 1.807) is 0 Å². The number of aliphatic imine (C=N–C) groups is 4. The van der Waals surface area contributed by atoms with Gasteiger partial charge in [-0.15, -0.1) is 0 Å². The van der Waals surface area contributed by atoms with Gasteiger partial charge in [-0.3, -0.25) is 19.9 Å². The molecule has 13 rings (SSSR count). The van der Waals surface area contributed by atoms with Gasteiger partial charge >= 0.3 is 0 Å². The molecule has 5 aliphatic rings. The van der Waals surface area contributed by atoms with Crippen LogP contribution < -0.4 is 0 Å². The summed E-state index contributed by atoms with van der Waals surface area (Å²) in [4.78, 5) is 32.3. The van der Waals surface area contributed by atoms with Crippen LogP contribution in [0.2, 0.25) is 0 Å². The van der Waals surface area contributed by atoms with E-state index in [0.29, 0.717) is 0 Å². The van der Waals surface area contributed by atoms with Gasteiger partial charge in [-0.25, -0.2) is 90.2 Å². The number of rotatable bonds is 8. The summed E-state index contributed by atoms with van der Waals surface area (Å²) >= 11 is 0. The number of hydrogen-bond acceptors (Lipinski definition) is 8. The van der Waals surface area contributed by atoms with Crippen LogP contribution in [0.1, 0.15) is 22.3 Å². The molecule has 0 amide bonds. The zero-order valence-electron chi connectivity index (χ0n) is 43.5. The summed E-state index contributed by atoms with van der Waals surface area (Å²) in [6.07, 6.45) is 10.5. The van der Waals surface area contributed by atoms with Crippen LogP contribution >= 0.6 is 0 Å². The van der Waals surface area contributed by atoms with E-state index in [4.69, 9.17) is 0 Å². The Hall–Kier alpha value is -11.0. The summed E-state index contributed by atoms with van der Waals surface area (Å²) in [5, 5.41) is 0. The van der Waals surface area contributed by atoms with E-state index in [0.717, 1.165) is 97.7 Å². The van der Waals surface area contributed by atoms with E-state index in [9.17, 15) is 0 Å². The SMILES string of the molecule is Fc1c(F)c(-c2ccccn2)c(F)c(F)c1C1=C2C=CC(=N2)C(c2c(F)c(F)c(-c3ccccn3)c(F)c2F)=C2C=CC(=N2)C(c2c(F)c(F)c(-c3ccccn3)c(F)c2F)=C2C=CC(=N2)C(c2c(F)c(F)c(-c3ccccn3)c(F)c2F)=C2C=CC1=N2. The van der Waals surface area contributed by atoms with Crippen molar-refractivity contribution in [2.24, 2.45) is 20.0 Å². The number of fused-ring (bicyclic) bond motifs is 4. The Morgan fingerprint density at radius 1 is 0.193 bits per heavy atom. The average Bonchev–Trinajstić information content (AvgIpc) is 2.30. The first kappa shape index (κ1) is 56.1. The normalized spacial score (nSPS) is 15.2. The number of benzene rings is 4. The fourth-order valence-electron chi connectivity index (χ4n) is 10.5. The lowest BCUT2D eigenvalue weighted by Gasteiger charge is -2.17. The number of pyridine rings is 4. The van der Waals surface area contributed by atoms with Crippen molar-refractivity contribution in [2.75, 3.05) is 0 Å². The molecule has 4 aromatic heterocycles. The second kappa shape index (κ2) is 21.5. The standard InChI is InChI=1S/C64H24F16N8/c65-49-41(25-9-1-5-21-81-25)50(66)58(74)45(57(49)73)37-29-13-15-31(85-29)38(46-59(75)51(67)42(52(68)60(46)76)26-10-2-6-22-82-26)33-17-19-35(87-33)40(48-63(79)55(71)44(56(72)64(48)80)28-12-4-8-24-84-28)36-20-18-34(88-36)39(32-16-14-30(37)86-32)47-61(77)53(69)43(54(70)62(47)78)27-11-3-7-23-83-27/h1-24H. The molecule has 0 saturated carbocycles. The second-order valence-electron chi connectivity index (χ2n) is 19.2. The second-order valence-corrected chi connectivity index (χ2v) is 19.2. The lowest BCUT2D eigenvalue weighted by Crippen LogP contribution is -2.13. The molecule has 0 aliphatic carbocycles. The summed E-state index contributed by atoms with van der Waals surface area (Å²) < 4.78 is 269. The Morgan fingerprint density at radius 3 is 0.523 bits per heavy atom. The Morgan fingerprint density at radius 2 is 0.364 bits per heavy atom. The maximum absolute atomic E-state index is 17.1. The molecule has 9 heterocycles. The highest BCUT2D eigenvalue weighted by molar-refractivity contribution is 6.40. The van der Waals surface area contributed by atoms with Crippen LogP contribution in [0, 0.1) is 93.1 Å². The molecule has 0 N–H and O–H groups in total. The van der Waals surface area contributed by atoms with Crippen molar-refractivity contribution in [3.63, 3.8) is 0 Å². The molecular weight excluding hydrogens is 1180 g/mol. The van der Waals surface area contributed by atoms with Gasteiger partial charge in [-0.05, 0) is 97.1 Å². The van der Waals surface area contributed by atoms with Crippen LogP contribution in [-0.4, -0.2) is 42.8 Å². The first-order valence-electron chi connectivity index (χ1n) is 25.5. The molecule has 0 spiro atoms. The molecule has 8 aromatic rings. The molecule has 0 unspecified atom stereocenters. The van der Waals surface area contributed by atoms with Crippen LogP contribution in [0.25, 0.3) is 67.3 Å². The topological polar surface area (TPSA) is 101 Å². The third-order valence-electron chi connectivity index (χ3n) is 14.3. The molecular formula is C64H24F16N8.